The first-order valence-electron chi connectivity index (χ1n) is 2.55. The summed E-state index contributed by atoms with van der Waals surface area (Å²) in [5.41, 5.74) is 0. The van der Waals surface area contributed by atoms with Crippen molar-refractivity contribution in [1.82, 2.24) is 12.3 Å². The molecule has 0 saturated heterocycles. The number of aliphatic carboxylic acids is 2. The summed E-state index contributed by atoms with van der Waals surface area (Å²) in [5, 5.41) is 26.1. The van der Waals surface area contributed by atoms with Crippen LogP contribution >= 0.6 is 0 Å². The molecule has 0 spiro atoms. The zero-order valence-corrected chi connectivity index (χ0v) is 7.49. The van der Waals surface area contributed by atoms with Crippen molar-refractivity contribution in [2.75, 3.05) is 6.61 Å². The van der Waals surface area contributed by atoms with Crippen molar-refractivity contribution in [1.29, 1.82) is 0 Å². The van der Waals surface area contributed by atoms with E-state index in [1.54, 1.807) is 6.92 Å². The Kier molecular flexibility index (Phi) is 30.7. The first kappa shape index (κ1) is 22.4. The zero-order valence-electron chi connectivity index (χ0n) is 7.49. The lowest BCUT2D eigenvalue weighted by molar-refractivity contribution is -0.322. The van der Waals surface area contributed by atoms with Gasteiger partial charge in [-0.3, -0.25) is 0 Å². The molecule has 0 fully saturated rings. The molecule has 0 atom stereocenters. The Labute approximate surface area is 70.2 Å². The van der Waals surface area contributed by atoms with Gasteiger partial charge in [-0.25, -0.2) is 0 Å². The summed E-state index contributed by atoms with van der Waals surface area (Å²) in [6.07, 6.45) is -1.03. The van der Waals surface area contributed by atoms with Gasteiger partial charge in [0.15, 0.2) is 0 Å². The van der Waals surface area contributed by atoms with E-state index in [4.69, 9.17) is 5.11 Å². The van der Waals surface area contributed by atoms with Gasteiger partial charge in [-0.15, -0.1) is 0 Å². The lowest BCUT2D eigenvalue weighted by atomic mass is 10.5. The molecule has 0 aliphatic heterocycles. The van der Waals surface area contributed by atoms with Gasteiger partial charge < -0.3 is 37.2 Å². The van der Waals surface area contributed by atoms with E-state index in [2.05, 4.69) is 0 Å². The molecule has 0 saturated carbocycles. The van der Waals surface area contributed by atoms with Crippen LogP contribution in [0.3, 0.4) is 0 Å². The van der Waals surface area contributed by atoms with Gasteiger partial charge in [0, 0.05) is 25.0 Å². The van der Waals surface area contributed by atoms with Crippen LogP contribution in [0.15, 0.2) is 0 Å². The lowest BCUT2D eigenvalue weighted by Gasteiger charge is -1.99. The molecule has 0 unspecified atom stereocenters. The van der Waals surface area contributed by atoms with Crippen LogP contribution in [0.4, 0.5) is 0 Å². The fraction of sp³-hybridized carbons (Fsp3) is 0.600. The van der Waals surface area contributed by atoms with Gasteiger partial charge in [0.2, 0.25) is 0 Å². The molecule has 0 aliphatic rings. The minimum atomic E-state index is -1.63. The first-order chi connectivity index (χ1) is 4.54. The van der Waals surface area contributed by atoms with Crippen molar-refractivity contribution in [2.45, 2.75) is 13.3 Å². The van der Waals surface area contributed by atoms with E-state index in [1.807, 2.05) is 0 Å². The van der Waals surface area contributed by atoms with Gasteiger partial charge in [0.1, 0.15) is 0 Å². The summed E-state index contributed by atoms with van der Waals surface area (Å²) in [6, 6.07) is 0. The molecule has 0 heterocycles. The fourth-order valence-electron chi connectivity index (χ4n) is 0.118. The number of carboxylic acids is 2. The molecule has 0 aromatic heterocycles. The maximum atomic E-state index is 9.28. The number of carboxylic acid groups (broad SMARTS) is 2. The number of carbonyl (C=O) groups is 2. The Morgan fingerprint density at radius 3 is 1.33 bits per heavy atom. The number of rotatable bonds is 2. The molecular weight excluding hydrogens is 168 g/mol. The highest BCUT2D eigenvalue weighted by molar-refractivity contribution is 5.86. The van der Waals surface area contributed by atoms with E-state index in [0.29, 0.717) is 0 Å². The Balaban J connectivity index is -0.0000000569. The Bertz CT molecular complexity index is 104. The van der Waals surface area contributed by atoms with Gasteiger partial charge >= 0.3 is 0 Å². The maximum absolute atomic E-state index is 9.28. The van der Waals surface area contributed by atoms with Crippen LogP contribution in [-0.4, -0.2) is 23.7 Å². The van der Waals surface area contributed by atoms with E-state index < -0.39 is 18.4 Å². The van der Waals surface area contributed by atoms with Gasteiger partial charge in [0.25, 0.3) is 0 Å². The van der Waals surface area contributed by atoms with Crippen LogP contribution in [0, 0.1) is 0 Å². The molecule has 0 aromatic rings. The summed E-state index contributed by atoms with van der Waals surface area (Å²) in [5.74, 6) is -3.25. The summed E-state index contributed by atoms with van der Waals surface area (Å²) < 4.78 is 0. The smallest absolute Gasteiger partial charge is 0.0470 e. The van der Waals surface area contributed by atoms with Crippen molar-refractivity contribution in [2.24, 2.45) is 0 Å². The second-order valence-corrected chi connectivity index (χ2v) is 1.24. The molecular formula is C5H16N2O5. The third kappa shape index (κ3) is 67.8. The summed E-state index contributed by atoms with van der Waals surface area (Å²) in [7, 11) is 0. The van der Waals surface area contributed by atoms with Gasteiger partial charge in [-0.2, -0.15) is 0 Å². The molecule has 7 nitrogen and oxygen atoms in total. The number of hydrogen-bond acceptors (Lipinski definition) is 5. The molecule has 0 aromatic carbocycles. The third-order valence-corrected chi connectivity index (χ3v) is 0.289. The number of carbonyl (C=O) groups excluding carboxylic acids is 2. The normalized spacial score (nSPS) is 6.17. The number of aliphatic hydroxyl groups is 1. The Morgan fingerprint density at radius 1 is 1.17 bits per heavy atom. The monoisotopic (exact) mass is 184 g/mol. The van der Waals surface area contributed by atoms with Crippen molar-refractivity contribution in [3.05, 3.63) is 0 Å². The van der Waals surface area contributed by atoms with Crippen molar-refractivity contribution in [3.8, 4) is 0 Å². The largest absolute Gasteiger partial charge is 0.550 e. The standard InChI is InChI=1S/C3H4O4.C2H6O.2H3N/c4-2(5)1-3(6)7;1-2-3;;/h1H2,(H,4,5)(H,6,7);3H,2H2,1H3;2*1H3. The van der Waals surface area contributed by atoms with E-state index in [1.165, 1.54) is 0 Å². The SMILES string of the molecule is CCO.O=C([O-])CC(=O)[O-].[NH4+].[NH4+]. The molecule has 0 radical (unpaired) electrons. The molecule has 7 heteroatoms. The predicted molar refractivity (Wildman–Crippen MR) is 39.4 cm³/mol. The zero-order chi connectivity index (χ0) is 8.57. The van der Waals surface area contributed by atoms with Crippen molar-refractivity contribution >= 4 is 11.9 Å². The van der Waals surface area contributed by atoms with Gasteiger partial charge in [0.05, 0.1) is 0 Å². The van der Waals surface area contributed by atoms with E-state index in [9.17, 15) is 19.8 Å². The number of quaternary nitrogens is 2. The van der Waals surface area contributed by atoms with Crippen LogP contribution in [-0.2, 0) is 9.59 Å². The average molecular weight is 184 g/mol. The maximum Gasteiger partial charge on any atom is 0.0470 e. The molecule has 9 N–H and O–H groups in total. The summed E-state index contributed by atoms with van der Waals surface area (Å²) >= 11 is 0. The number of aliphatic hydroxyl groups excluding tert-OH is 1. The Morgan fingerprint density at radius 2 is 1.33 bits per heavy atom. The minimum Gasteiger partial charge on any atom is -0.550 e. The van der Waals surface area contributed by atoms with Gasteiger partial charge in [-0.05, 0) is 6.92 Å². The van der Waals surface area contributed by atoms with Crippen LogP contribution in [0.1, 0.15) is 13.3 Å². The van der Waals surface area contributed by atoms with Crippen LogP contribution in [0.5, 0.6) is 0 Å². The fourth-order valence-corrected chi connectivity index (χ4v) is 0.118. The molecule has 0 bridgehead atoms. The second kappa shape index (κ2) is 16.4. The van der Waals surface area contributed by atoms with Crippen molar-refractivity contribution < 1.29 is 24.9 Å². The van der Waals surface area contributed by atoms with Crippen LogP contribution in [0.2, 0.25) is 0 Å². The highest BCUT2D eigenvalue weighted by Gasteiger charge is 1.81. The van der Waals surface area contributed by atoms with Crippen LogP contribution in [0.25, 0.3) is 0 Å². The topological polar surface area (TPSA) is 173 Å². The number of hydrogen-bond donors (Lipinski definition) is 3. The van der Waals surface area contributed by atoms with E-state index in [0.717, 1.165) is 0 Å². The molecule has 0 rings (SSSR count). The molecule has 76 valence electrons. The molecule has 0 amide bonds. The second-order valence-electron chi connectivity index (χ2n) is 1.24. The van der Waals surface area contributed by atoms with E-state index in [-0.39, 0.29) is 18.9 Å². The minimum absolute atomic E-state index is 0. The van der Waals surface area contributed by atoms with Crippen molar-refractivity contribution in [3.63, 3.8) is 0 Å². The highest BCUT2D eigenvalue weighted by atomic mass is 16.4. The summed E-state index contributed by atoms with van der Waals surface area (Å²) in [6.45, 7) is 1.93. The average Bonchev–Trinajstić information content (AvgIpc) is 1.62. The summed E-state index contributed by atoms with van der Waals surface area (Å²) in [4.78, 5) is 18.6. The van der Waals surface area contributed by atoms with E-state index >= 15 is 0 Å². The molecule has 12 heavy (non-hydrogen) atoms. The highest BCUT2D eigenvalue weighted by Crippen LogP contribution is 1.66. The first-order valence-corrected chi connectivity index (χ1v) is 2.55. The molecule has 0 aliphatic carbocycles. The van der Waals surface area contributed by atoms with Crippen LogP contribution < -0.4 is 22.5 Å². The predicted octanol–water partition coefficient (Wildman–Crippen LogP) is -2.37. The van der Waals surface area contributed by atoms with Gasteiger partial charge in [-0.1, -0.05) is 0 Å². The Hall–Kier alpha value is -1.18. The quantitative estimate of drug-likeness (QED) is 0.405. The lowest BCUT2D eigenvalue weighted by Crippen LogP contribution is -2.32. The third-order valence-electron chi connectivity index (χ3n) is 0.289.